The molecule has 0 saturated heterocycles. The van der Waals surface area contributed by atoms with Gasteiger partial charge in [0.1, 0.15) is 0 Å². The van der Waals surface area contributed by atoms with Crippen LogP contribution >= 0.6 is 0 Å². The molecule has 2 aromatic rings. The van der Waals surface area contributed by atoms with Crippen LogP contribution in [-0.2, 0) is 6.18 Å². The van der Waals surface area contributed by atoms with Gasteiger partial charge in [-0.05, 0) is 13.0 Å². The van der Waals surface area contributed by atoms with E-state index in [1.165, 1.54) is 6.07 Å². The maximum Gasteiger partial charge on any atom is 0.435 e. The lowest BCUT2D eigenvalue weighted by molar-refractivity contribution is -0.141. The summed E-state index contributed by atoms with van der Waals surface area (Å²) in [4.78, 5) is 11.6. The van der Waals surface area contributed by atoms with Crippen molar-refractivity contribution in [2.75, 3.05) is 0 Å². The lowest BCUT2D eigenvalue weighted by atomic mass is 10.4. The second-order valence-corrected chi connectivity index (χ2v) is 3.28. The number of halogens is 3. The van der Waals surface area contributed by atoms with Gasteiger partial charge in [-0.2, -0.15) is 18.3 Å². The summed E-state index contributed by atoms with van der Waals surface area (Å²) in [5, 5.41) is 6.58. The Hall–Kier alpha value is -2.12. The quantitative estimate of drug-likeness (QED) is 0.769. The lowest BCUT2D eigenvalue weighted by Gasteiger charge is -2.00. The molecule has 5 nitrogen and oxygen atoms in total. The highest BCUT2D eigenvalue weighted by Gasteiger charge is 2.34. The maximum atomic E-state index is 12.2. The van der Waals surface area contributed by atoms with E-state index in [-0.39, 0.29) is 5.76 Å². The Bertz CT molecular complexity index is 556. The highest BCUT2D eigenvalue weighted by atomic mass is 19.4. The van der Waals surface area contributed by atoms with E-state index in [4.69, 9.17) is 0 Å². The van der Waals surface area contributed by atoms with Crippen LogP contribution in [-0.4, -0.2) is 20.8 Å². The van der Waals surface area contributed by atoms with Crippen LogP contribution in [0.15, 0.2) is 22.9 Å². The van der Waals surface area contributed by atoms with E-state index in [2.05, 4.69) is 14.8 Å². The van der Waals surface area contributed by atoms with Crippen molar-refractivity contribution in [1.82, 2.24) is 14.9 Å². The Balaban J connectivity index is 2.30. The first kappa shape index (κ1) is 11.4. The van der Waals surface area contributed by atoms with Crippen molar-refractivity contribution in [3.05, 3.63) is 35.5 Å². The van der Waals surface area contributed by atoms with Crippen LogP contribution in [0.5, 0.6) is 0 Å². The summed E-state index contributed by atoms with van der Waals surface area (Å²) in [7, 11) is 0. The van der Waals surface area contributed by atoms with Crippen LogP contribution in [0.2, 0.25) is 0 Å². The molecule has 0 bridgehead atoms. The molecule has 0 saturated carbocycles. The summed E-state index contributed by atoms with van der Waals surface area (Å²) < 4.78 is 41.9. The molecule has 2 heterocycles. The van der Waals surface area contributed by atoms with Crippen LogP contribution < -0.4 is 0 Å². The van der Waals surface area contributed by atoms with Crippen molar-refractivity contribution < 1.29 is 22.5 Å². The Kier molecular flexibility index (Phi) is 2.49. The second kappa shape index (κ2) is 3.72. The van der Waals surface area contributed by atoms with Gasteiger partial charge >= 0.3 is 12.1 Å². The van der Waals surface area contributed by atoms with Gasteiger partial charge in [-0.1, -0.05) is 5.16 Å². The number of rotatable bonds is 1. The summed E-state index contributed by atoms with van der Waals surface area (Å²) in [6.07, 6.45) is -3.66. The average molecular weight is 245 g/mol. The minimum Gasteiger partial charge on any atom is -0.351 e. The molecule has 90 valence electrons. The van der Waals surface area contributed by atoms with Gasteiger partial charge in [-0.15, -0.1) is 0 Å². The molecule has 0 amide bonds. The fourth-order valence-electron chi connectivity index (χ4n) is 1.17. The first-order valence-corrected chi connectivity index (χ1v) is 4.49. The predicted octanol–water partition coefficient (Wildman–Crippen LogP) is 1.89. The van der Waals surface area contributed by atoms with Crippen molar-refractivity contribution >= 4 is 5.91 Å². The standard InChI is InChI=1S/C9H6F3N3O2/c1-5-4-6(17-14-5)8(16)15-3-2-7(13-15)9(10,11)12/h2-4H,1H3. The molecule has 2 aromatic heterocycles. The van der Waals surface area contributed by atoms with Gasteiger partial charge in [0.25, 0.3) is 0 Å². The van der Waals surface area contributed by atoms with Crippen molar-refractivity contribution in [3.63, 3.8) is 0 Å². The first-order chi connectivity index (χ1) is 7.88. The molecule has 0 aromatic carbocycles. The van der Waals surface area contributed by atoms with E-state index in [9.17, 15) is 18.0 Å². The molecule has 0 aliphatic rings. The molecule has 0 N–H and O–H groups in total. The van der Waals surface area contributed by atoms with Crippen LogP contribution in [0.4, 0.5) is 13.2 Å². The predicted molar refractivity (Wildman–Crippen MR) is 48.2 cm³/mol. The largest absolute Gasteiger partial charge is 0.435 e. The number of aromatic nitrogens is 3. The van der Waals surface area contributed by atoms with Gasteiger partial charge in [0.05, 0.1) is 5.69 Å². The lowest BCUT2D eigenvalue weighted by Crippen LogP contribution is -2.14. The molecule has 0 spiro atoms. The van der Waals surface area contributed by atoms with E-state index in [0.29, 0.717) is 16.4 Å². The molecular formula is C9H6F3N3O2. The van der Waals surface area contributed by atoms with E-state index >= 15 is 0 Å². The first-order valence-electron chi connectivity index (χ1n) is 4.49. The molecule has 0 aliphatic heterocycles. The van der Waals surface area contributed by atoms with E-state index < -0.39 is 17.8 Å². The third-order valence-electron chi connectivity index (χ3n) is 1.93. The molecule has 8 heteroatoms. The molecule has 0 radical (unpaired) electrons. The zero-order chi connectivity index (χ0) is 12.6. The SMILES string of the molecule is Cc1cc(C(=O)n2ccc(C(F)(F)F)n2)on1. The van der Waals surface area contributed by atoms with E-state index in [1.54, 1.807) is 6.92 Å². The summed E-state index contributed by atoms with van der Waals surface area (Å²) in [5.41, 5.74) is -0.682. The van der Waals surface area contributed by atoms with E-state index in [1.807, 2.05) is 0 Å². The fourth-order valence-corrected chi connectivity index (χ4v) is 1.17. The van der Waals surface area contributed by atoms with Crippen molar-refractivity contribution in [3.8, 4) is 0 Å². The van der Waals surface area contributed by atoms with Crippen molar-refractivity contribution in [2.45, 2.75) is 13.1 Å². The fraction of sp³-hybridized carbons (Fsp3) is 0.222. The van der Waals surface area contributed by atoms with Crippen molar-refractivity contribution in [2.24, 2.45) is 0 Å². The summed E-state index contributed by atoms with van der Waals surface area (Å²) in [6.45, 7) is 1.59. The molecule has 0 fully saturated rings. The normalized spacial score (nSPS) is 11.8. The number of nitrogens with zero attached hydrogens (tertiary/aromatic N) is 3. The van der Waals surface area contributed by atoms with E-state index in [0.717, 1.165) is 6.20 Å². The smallest absolute Gasteiger partial charge is 0.351 e. The number of carbonyl (C=O) groups excluding carboxylic acids is 1. The molecule has 17 heavy (non-hydrogen) atoms. The number of hydrogen-bond donors (Lipinski definition) is 0. The zero-order valence-electron chi connectivity index (χ0n) is 8.52. The van der Waals surface area contributed by atoms with Gasteiger partial charge in [0.2, 0.25) is 5.76 Å². The summed E-state index contributed by atoms with van der Waals surface area (Å²) in [6, 6.07) is 2.03. The van der Waals surface area contributed by atoms with Gasteiger partial charge in [0, 0.05) is 12.3 Å². The number of hydrogen-bond acceptors (Lipinski definition) is 4. The monoisotopic (exact) mass is 245 g/mol. The van der Waals surface area contributed by atoms with Gasteiger partial charge < -0.3 is 4.52 Å². The topological polar surface area (TPSA) is 60.9 Å². The third-order valence-corrected chi connectivity index (χ3v) is 1.93. The Morgan fingerprint density at radius 3 is 2.65 bits per heavy atom. The summed E-state index contributed by atoms with van der Waals surface area (Å²) in [5.74, 6) is -0.972. The second-order valence-electron chi connectivity index (χ2n) is 3.28. The van der Waals surface area contributed by atoms with Crippen LogP contribution in [0.1, 0.15) is 21.9 Å². The zero-order valence-corrected chi connectivity index (χ0v) is 8.52. The molecule has 0 unspecified atom stereocenters. The highest BCUT2D eigenvalue weighted by Crippen LogP contribution is 2.27. The Morgan fingerprint density at radius 2 is 2.18 bits per heavy atom. The Morgan fingerprint density at radius 1 is 1.47 bits per heavy atom. The van der Waals surface area contributed by atoms with Gasteiger partial charge in [-0.3, -0.25) is 4.79 Å². The average Bonchev–Trinajstić information content (AvgIpc) is 2.83. The molecule has 0 atom stereocenters. The molecule has 0 aliphatic carbocycles. The minimum atomic E-state index is -4.58. The number of aryl methyl sites for hydroxylation is 1. The van der Waals surface area contributed by atoms with Crippen molar-refractivity contribution in [1.29, 1.82) is 0 Å². The number of carbonyl (C=O) groups is 1. The molecular weight excluding hydrogens is 239 g/mol. The summed E-state index contributed by atoms with van der Waals surface area (Å²) >= 11 is 0. The third kappa shape index (κ3) is 2.19. The van der Waals surface area contributed by atoms with Gasteiger partial charge in [0.15, 0.2) is 5.69 Å². The maximum absolute atomic E-state index is 12.2. The molecule has 2 rings (SSSR count). The van der Waals surface area contributed by atoms with Gasteiger partial charge in [-0.25, -0.2) is 4.68 Å². The van der Waals surface area contributed by atoms with Crippen LogP contribution in [0, 0.1) is 6.92 Å². The number of alkyl halides is 3. The van der Waals surface area contributed by atoms with Crippen LogP contribution in [0.25, 0.3) is 0 Å². The Labute approximate surface area is 92.8 Å². The highest BCUT2D eigenvalue weighted by molar-refractivity contribution is 5.92. The minimum absolute atomic E-state index is 0.167. The van der Waals surface area contributed by atoms with Crippen LogP contribution in [0.3, 0.4) is 0 Å².